The number of anilines is 2. The van der Waals surface area contributed by atoms with Gasteiger partial charge in [-0.25, -0.2) is 9.37 Å². The van der Waals surface area contributed by atoms with Crippen LogP contribution in [0.3, 0.4) is 0 Å². The number of aromatic nitrogens is 1. The van der Waals surface area contributed by atoms with Gasteiger partial charge in [-0.3, -0.25) is 4.79 Å². The molecule has 132 valence electrons. The molecule has 1 amide bonds. The third-order valence-corrected chi connectivity index (χ3v) is 4.30. The fourth-order valence-electron chi connectivity index (χ4n) is 3.00. The van der Waals surface area contributed by atoms with Crippen LogP contribution in [0.5, 0.6) is 0 Å². The molecule has 0 radical (unpaired) electrons. The van der Waals surface area contributed by atoms with Crippen molar-refractivity contribution in [3.05, 3.63) is 54.0 Å². The Morgan fingerprint density at radius 1 is 1.28 bits per heavy atom. The molecule has 0 unspecified atom stereocenters. The number of amides is 1. The van der Waals surface area contributed by atoms with Crippen LogP contribution in [0.25, 0.3) is 0 Å². The number of pyridine rings is 1. The Kier molecular flexibility index (Phi) is 5.60. The van der Waals surface area contributed by atoms with Crippen molar-refractivity contribution in [1.29, 1.82) is 0 Å². The second kappa shape index (κ2) is 8.07. The van der Waals surface area contributed by atoms with Gasteiger partial charge in [0.25, 0.3) is 5.91 Å². The van der Waals surface area contributed by atoms with E-state index in [0.717, 1.165) is 12.8 Å². The summed E-state index contributed by atoms with van der Waals surface area (Å²) in [4.78, 5) is 18.9. The van der Waals surface area contributed by atoms with E-state index >= 15 is 0 Å². The van der Waals surface area contributed by atoms with Crippen LogP contribution in [0.15, 0.2) is 42.6 Å². The number of hydrogen-bond acceptors (Lipinski definition) is 4. The SMILES string of the molecule is CCOC1CCN(C(=O)c2cccnc2Nc2ccccc2F)CC1. The maximum absolute atomic E-state index is 13.9. The summed E-state index contributed by atoms with van der Waals surface area (Å²) in [5, 5.41) is 2.93. The first-order chi connectivity index (χ1) is 12.2. The minimum absolute atomic E-state index is 0.0955. The summed E-state index contributed by atoms with van der Waals surface area (Å²) in [6.07, 6.45) is 3.46. The molecule has 1 fully saturated rings. The predicted octanol–water partition coefficient (Wildman–Crippen LogP) is 3.61. The second-order valence-electron chi connectivity index (χ2n) is 5.95. The maximum atomic E-state index is 13.9. The molecule has 0 saturated carbocycles. The van der Waals surface area contributed by atoms with Gasteiger partial charge in [-0.1, -0.05) is 12.1 Å². The number of carbonyl (C=O) groups excluding carboxylic acids is 1. The van der Waals surface area contributed by atoms with Crippen LogP contribution in [-0.2, 0) is 4.74 Å². The number of rotatable bonds is 5. The molecule has 1 aromatic carbocycles. The highest BCUT2D eigenvalue weighted by molar-refractivity contribution is 5.99. The van der Waals surface area contributed by atoms with E-state index in [1.807, 2.05) is 6.92 Å². The molecule has 0 spiro atoms. The molecule has 0 atom stereocenters. The zero-order valence-corrected chi connectivity index (χ0v) is 14.2. The van der Waals surface area contributed by atoms with Crippen LogP contribution in [0, 0.1) is 5.82 Å². The van der Waals surface area contributed by atoms with Gasteiger partial charge in [-0.15, -0.1) is 0 Å². The molecule has 1 N–H and O–H groups in total. The van der Waals surface area contributed by atoms with E-state index in [0.29, 0.717) is 36.8 Å². The number of nitrogens with zero attached hydrogens (tertiary/aromatic N) is 2. The molecule has 1 aliphatic heterocycles. The highest BCUT2D eigenvalue weighted by Crippen LogP contribution is 2.23. The number of halogens is 1. The first kappa shape index (κ1) is 17.4. The minimum Gasteiger partial charge on any atom is -0.378 e. The van der Waals surface area contributed by atoms with Crippen molar-refractivity contribution in [3.63, 3.8) is 0 Å². The van der Waals surface area contributed by atoms with E-state index in [1.54, 1.807) is 41.4 Å². The molecule has 3 rings (SSSR count). The van der Waals surface area contributed by atoms with Crippen molar-refractivity contribution in [2.75, 3.05) is 25.0 Å². The lowest BCUT2D eigenvalue weighted by Gasteiger charge is -2.32. The van der Waals surface area contributed by atoms with Gasteiger partial charge in [0.15, 0.2) is 0 Å². The Bertz CT molecular complexity index is 730. The van der Waals surface area contributed by atoms with E-state index < -0.39 is 0 Å². The molecule has 1 aliphatic rings. The van der Waals surface area contributed by atoms with E-state index in [2.05, 4.69) is 10.3 Å². The summed E-state index contributed by atoms with van der Waals surface area (Å²) < 4.78 is 19.5. The lowest BCUT2D eigenvalue weighted by molar-refractivity contribution is 0.0146. The minimum atomic E-state index is -0.385. The highest BCUT2D eigenvalue weighted by atomic mass is 19.1. The summed E-state index contributed by atoms with van der Waals surface area (Å²) in [6.45, 7) is 3.97. The lowest BCUT2D eigenvalue weighted by Crippen LogP contribution is -2.41. The summed E-state index contributed by atoms with van der Waals surface area (Å²) in [5.74, 6) is -0.115. The normalized spacial score (nSPS) is 15.2. The topological polar surface area (TPSA) is 54.5 Å². The quantitative estimate of drug-likeness (QED) is 0.901. The first-order valence-electron chi connectivity index (χ1n) is 8.56. The smallest absolute Gasteiger partial charge is 0.257 e. The van der Waals surface area contributed by atoms with Crippen LogP contribution in [0.4, 0.5) is 15.9 Å². The number of ether oxygens (including phenoxy) is 1. The molecule has 25 heavy (non-hydrogen) atoms. The van der Waals surface area contributed by atoms with Crippen LogP contribution in [0.2, 0.25) is 0 Å². The zero-order valence-electron chi connectivity index (χ0n) is 14.2. The second-order valence-corrected chi connectivity index (χ2v) is 5.95. The van der Waals surface area contributed by atoms with Gasteiger partial charge in [-0.2, -0.15) is 0 Å². The van der Waals surface area contributed by atoms with Crippen molar-refractivity contribution in [2.45, 2.75) is 25.9 Å². The third-order valence-electron chi connectivity index (χ3n) is 4.30. The molecule has 1 aromatic heterocycles. The highest BCUT2D eigenvalue weighted by Gasteiger charge is 2.25. The van der Waals surface area contributed by atoms with Crippen molar-refractivity contribution in [3.8, 4) is 0 Å². The largest absolute Gasteiger partial charge is 0.378 e. The third kappa shape index (κ3) is 4.14. The number of para-hydroxylation sites is 1. The van der Waals surface area contributed by atoms with Gasteiger partial charge in [0.05, 0.1) is 17.4 Å². The monoisotopic (exact) mass is 343 g/mol. The molecule has 2 aromatic rings. The molecule has 0 aliphatic carbocycles. The molecule has 0 bridgehead atoms. The van der Waals surface area contributed by atoms with Gasteiger partial charge >= 0.3 is 0 Å². The molecular formula is C19H22FN3O2. The number of benzene rings is 1. The van der Waals surface area contributed by atoms with Gasteiger partial charge in [0, 0.05) is 25.9 Å². The Morgan fingerprint density at radius 3 is 2.76 bits per heavy atom. The van der Waals surface area contributed by atoms with Crippen LogP contribution in [-0.4, -0.2) is 41.6 Å². The number of nitrogens with one attached hydrogen (secondary N) is 1. The molecule has 1 saturated heterocycles. The molecule has 5 nitrogen and oxygen atoms in total. The summed E-state index contributed by atoms with van der Waals surface area (Å²) in [5.41, 5.74) is 0.742. The average molecular weight is 343 g/mol. The van der Waals surface area contributed by atoms with E-state index in [9.17, 15) is 9.18 Å². The summed E-state index contributed by atoms with van der Waals surface area (Å²) in [7, 11) is 0. The molecular weight excluding hydrogens is 321 g/mol. The fraction of sp³-hybridized carbons (Fsp3) is 0.368. The summed E-state index contributed by atoms with van der Waals surface area (Å²) in [6, 6.07) is 9.76. The van der Waals surface area contributed by atoms with Crippen LogP contribution >= 0.6 is 0 Å². The zero-order chi connectivity index (χ0) is 17.6. The molecule has 6 heteroatoms. The Hall–Kier alpha value is -2.47. The predicted molar refractivity (Wildman–Crippen MR) is 94.5 cm³/mol. The van der Waals surface area contributed by atoms with Gasteiger partial charge in [0.1, 0.15) is 11.6 Å². The fourth-order valence-corrected chi connectivity index (χ4v) is 3.00. The van der Waals surface area contributed by atoms with Crippen molar-refractivity contribution in [1.82, 2.24) is 9.88 Å². The number of piperidine rings is 1. The van der Waals surface area contributed by atoms with E-state index in [4.69, 9.17) is 4.74 Å². The average Bonchev–Trinajstić information content (AvgIpc) is 2.64. The van der Waals surface area contributed by atoms with Crippen molar-refractivity contribution < 1.29 is 13.9 Å². The number of carbonyl (C=O) groups is 1. The van der Waals surface area contributed by atoms with Crippen molar-refractivity contribution in [2.24, 2.45) is 0 Å². The Labute approximate surface area is 146 Å². The van der Waals surface area contributed by atoms with Crippen molar-refractivity contribution >= 4 is 17.4 Å². The lowest BCUT2D eigenvalue weighted by atomic mass is 10.1. The number of likely N-dealkylation sites (tertiary alicyclic amines) is 1. The van der Waals surface area contributed by atoms with E-state index in [-0.39, 0.29) is 17.8 Å². The van der Waals surface area contributed by atoms with Crippen LogP contribution < -0.4 is 5.32 Å². The van der Waals surface area contributed by atoms with E-state index in [1.165, 1.54) is 6.07 Å². The van der Waals surface area contributed by atoms with Gasteiger partial charge in [-0.05, 0) is 44.0 Å². The Morgan fingerprint density at radius 2 is 2.04 bits per heavy atom. The molecule has 2 heterocycles. The van der Waals surface area contributed by atoms with Gasteiger partial charge < -0.3 is 15.0 Å². The standard InChI is InChI=1S/C19H22FN3O2/c1-2-25-14-9-12-23(13-10-14)19(24)15-6-5-11-21-18(15)22-17-8-4-3-7-16(17)20/h3-8,11,14H,2,9-10,12-13H2,1H3,(H,21,22). The Balaban J connectivity index is 1.74. The van der Waals surface area contributed by atoms with Gasteiger partial charge in [0.2, 0.25) is 0 Å². The summed E-state index contributed by atoms with van der Waals surface area (Å²) >= 11 is 0. The van der Waals surface area contributed by atoms with Crippen LogP contribution in [0.1, 0.15) is 30.1 Å². The first-order valence-corrected chi connectivity index (χ1v) is 8.56. The maximum Gasteiger partial charge on any atom is 0.257 e. The number of hydrogen-bond donors (Lipinski definition) is 1.